The molecule has 2 heterocycles. The number of nitrogens with zero attached hydrogens (tertiary/aromatic N) is 1. The van der Waals surface area contributed by atoms with Gasteiger partial charge in [0.2, 0.25) is 0 Å². The summed E-state index contributed by atoms with van der Waals surface area (Å²) < 4.78 is 12.4. The van der Waals surface area contributed by atoms with E-state index in [0.29, 0.717) is 0 Å². The maximum Gasteiger partial charge on any atom is 0.469 e. The van der Waals surface area contributed by atoms with Crippen molar-refractivity contribution in [2.75, 3.05) is 18.0 Å². The molecule has 0 spiro atoms. The van der Waals surface area contributed by atoms with Crippen molar-refractivity contribution in [1.82, 2.24) is 0 Å². The number of hydrogen-bond donors (Lipinski definition) is 0. The topological polar surface area (TPSA) is 21.7 Å². The maximum atomic E-state index is 6.18. The minimum Gasteiger partial charge on any atom is -0.401 e. The Bertz CT molecular complexity index is 526. The summed E-state index contributed by atoms with van der Waals surface area (Å²) in [6.45, 7) is 10.7. The van der Waals surface area contributed by atoms with E-state index in [-0.39, 0.29) is 38.7 Å². The predicted octanol–water partition coefficient (Wildman–Crippen LogP) is 3.55. The molecule has 2 fully saturated rings. The molecular formula is C19H29BNO2Re-. The molecule has 1 aromatic rings. The Kier molecular flexibility index (Phi) is 6.59. The van der Waals surface area contributed by atoms with Gasteiger partial charge in [-0.25, -0.2) is 0 Å². The van der Waals surface area contributed by atoms with Crippen LogP contribution in [0.2, 0.25) is 0 Å². The molecule has 0 atom stereocenters. The van der Waals surface area contributed by atoms with Crippen molar-refractivity contribution >= 4 is 18.3 Å². The molecular weight excluding hydrogens is 471 g/mol. The van der Waals surface area contributed by atoms with Crippen LogP contribution in [0.5, 0.6) is 0 Å². The zero-order chi connectivity index (χ0) is 16.5. The molecule has 1 radical (unpaired) electrons. The predicted molar refractivity (Wildman–Crippen MR) is 96.3 cm³/mol. The van der Waals surface area contributed by atoms with Gasteiger partial charge in [0.15, 0.2) is 0 Å². The Balaban J connectivity index is 0.00000208. The van der Waals surface area contributed by atoms with E-state index >= 15 is 0 Å². The van der Waals surface area contributed by atoms with E-state index in [1.807, 2.05) is 6.07 Å². The largest absolute Gasteiger partial charge is 0.469 e. The first-order valence-electron chi connectivity index (χ1n) is 9.01. The average molecular weight is 500 g/mol. The summed E-state index contributed by atoms with van der Waals surface area (Å²) in [7, 11) is -0.289. The monoisotopic (exact) mass is 501 g/mol. The van der Waals surface area contributed by atoms with Crippen LogP contribution in [0.25, 0.3) is 0 Å². The molecule has 0 amide bonds. The van der Waals surface area contributed by atoms with Gasteiger partial charge in [0.1, 0.15) is 0 Å². The molecule has 5 heteroatoms. The molecule has 24 heavy (non-hydrogen) atoms. The van der Waals surface area contributed by atoms with E-state index in [1.165, 1.54) is 37.8 Å². The third kappa shape index (κ3) is 4.25. The Morgan fingerprint density at radius 2 is 1.50 bits per heavy atom. The van der Waals surface area contributed by atoms with Gasteiger partial charge in [-0.15, -0.1) is 11.5 Å². The third-order valence-corrected chi connectivity index (χ3v) is 5.53. The smallest absolute Gasteiger partial charge is 0.401 e. The minimum atomic E-state index is -0.294. The molecule has 0 aliphatic carbocycles. The van der Waals surface area contributed by atoms with Crippen molar-refractivity contribution < 1.29 is 29.7 Å². The van der Waals surface area contributed by atoms with Crippen molar-refractivity contribution in [1.29, 1.82) is 0 Å². The Hall–Kier alpha value is -0.333. The van der Waals surface area contributed by atoms with Crippen molar-refractivity contribution in [3.05, 3.63) is 24.3 Å². The van der Waals surface area contributed by atoms with Gasteiger partial charge in [-0.3, -0.25) is 0 Å². The van der Waals surface area contributed by atoms with Gasteiger partial charge < -0.3 is 14.2 Å². The summed E-state index contributed by atoms with van der Waals surface area (Å²) in [5, 5.41) is 0. The number of hydrogen-bond acceptors (Lipinski definition) is 3. The molecule has 2 aliphatic heterocycles. The zero-order valence-electron chi connectivity index (χ0n) is 15.4. The van der Waals surface area contributed by atoms with Crippen LogP contribution in [0, 0.1) is 6.07 Å². The van der Waals surface area contributed by atoms with Crippen LogP contribution in [0.15, 0.2) is 18.2 Å². The number of rotatable bonds is 2. The zero-order valence-corrected chi connectivity index (χ0v) is 18.1. The average Bonchev–Trinajstić information content (AvgIpc) is 2.67. The SMILES string of the molecule is CC1(C)OB(c2cc[c-]c(N3CCCCCCC3)c2)OC1(C)C.[Re]. The first-order valence-corrected chi connectivity index (χ1v) is 9.01. The standard InChI is InChI=1S/C19H29BNO2.Re/c1-18(2)19(3,4)23-20(22-18)16-11-10-12-17(15-16)21-13-8-6-5-7-9-14-21;/h10-11,15H,5-9,13-14H2,1-4H3;/q-1;. The van der Waals surface area contributed by atoms with Crippen LogP contribution < -0.4 is 10.4 Å². The van der Waals surface area contributed by atoms with Crippen molar-refractivity contribution in [3.63, 3.8) is 0 Å². The molecule has 2 saturated heterocycles. The molecule has 3 nitrogen and oxygen atoms in total. The molecule has 2 aliphatic rings. The van der Waals surface area contributed by atoms with Crippen molar-refractivity contribution in [3.8, 4) is 0 Å². The van der Waals surface area contributed by atoms with Gasteiger partial charge in [-0.2, -0.15) is 18.2 Å². The van der Waals surface area contributed by atoms with Gasteiger partial charge in [0.25, 0.3) is 0 Å². The van der Waals surface area contributed by atoms with Gasteiger partial charge >= 0.3 is 7.12 Å². The summed E-state index contributed by atoms with van der Waals surface area (Å²) in [4.78, 5) is 2.47. The van der Waals surface area contributed by atoms with Crippen LogP contribution in [0.4, 0.5) is 5.69 Å². The normalized spacial score (nSPS) is 23.3. The first-order chi connectivity index (χ1) is 10.9. The molecule has 0 N–H and O–H groups in total. The number of benzene rings is 1. The quantitative estimate of drug-likeness (QED) is 0.458. The van der Waals surface area contributed by atoms with Gasteiger partial charge in [-0.1, -0.05) is 24.9 Å². The molecule has 1 aromatic carbocycles. The summed E-state index contributed by atoms with van der Waals surface area (Å²) in [5.74, 6) is 0. The fourth-order valence-electron chi connectivity index (χ4n) is 3.27. The van der Waals surface area contributed by atoms with E-state index < -0.39 is 0 Å². The van der Waals surface area contributed by atoms with E-state index in [2.05, 4.69) is 50.8 Å². The summed E-state index contributed by atoms with van der Waals surface area (Å²) in [6.07, 6.45) is 6.61. The Morgan fingerprint density at radius 3 is 2.08 bits per heavy atom. The van der Waals surface area contributed by atoms with Crippen LogP contribution >= 0.6 is 0 Å². The summed E-state index contributed by atoms with van der Waals surface area (Å²) in [6, 6.07) is 9.68. The van der Waals surface area contributed by atoms with E-state index in [0.717, 1.165) is 18.6 Å². The van der Waals surface area contributed by atoms with Crippen LogP contribution in [0.1, 0.15) is 59.8 Å². The second kappa shape index (κ2) is 7.91. The number of anilines is 1. The Morgan fingerprint density at radius 1 is 0.958 bits per heavy atom. The van der Waals surface area contributed by atoms with Crippen LogP contribution in [-0.2, 0) is 29.7 Å². The first kappa shape index (κ1) is 20.0. The summed E-state index contributed by atoms with van der Waals surface area (Å²) >= 11 is 0. The fourth-order valence-corrected chi connectivity index (χ4v) is 3.27. The van der Waals surface area contributed by atoms with E-state index in [4.69, 9.17) is 9.31 Å². The van der Waals surface area contributed by atoms with Gasteiger partial charge in [-0.05, 0) is 40.5 Å². The van der Waals surface area contributed by atoms with Gasteiger partial charge in [0.05, 0.1) is 11.2 Å². The van der Waals surface area contributed by atoms with E-state index in [1.54, 1.807) is 0 Å². The molecule has 133 valence electrons. The van der Waals surface area contributed by atoms with Crippen molar-refractivity contribution in [2.24, 2.45) is 0 Å². The maximum absolute atomic E-state index is 6.18. The minimum absolute atomic E-state index is 0. The molecule has 0 saturated carbocycles. The summed E-state index contributed by atoms with van der Waals surface area (Å²) in [5.41, 5.74) is 1.69. The molecule has 3 rings (SSSR count). The van der Waals surface area contributed by atoms with Crippen LogP contribution in [0.3, 0.4) is 0 Å². The van der Waals surface area contributed by atoms with Crippen molar-refractivity contribution in [2.45, 2.75) is 71.0 Å². The molecule has 0 aromatic heterocycles. The van der Waals surface area contributed by atoms with E-state index in [9.17, 15) is 0 Å². The fraction of sp³-hybridized carbons (Fsp3) is 0.684. The second-order valence-corrected chi connectivity index (χ2v) is 7.85. The molecule has 0 bridgehead atoms. The second-order valence-electron chi connectivity index (χ2n) is 7.85. The van der Waals surface area contributed by atoms with Gasteiger partial charge in [0, 0.05) is 33.5 Å². The Labute approximate surface area is 161 Å². The van der Waals surface area contributed by atoms with Crippen LogP contribution in [-0.4, -0.2) is 31.4 Å². The third-order valence-electron chi connectivity index (χ3n) is 5.53. The molecule has 0 unspecified atom stereocenters.